The molecule has 8 heteroatoms. The van der Waals surface area contributed by atoms with Crippen LogP contribution in [0.3, 0.4) is 0 Å². The van der Waals surface area contributed by atoms with Crippen LogP contribution in [-0.4, -0.2) is 35.3 Å². The number of rotatable bonds is 9. The topological polar surface area (TPSA) is 70.4 Å². The van der Waals surface area contributed by atoms with Crippen LogP contribution >= 0.6 is 11.8 Å². The second-order valence-corrected chi connectivity index (χ2v) is 8.54. The lowest BCUT2D eigenvalue weighted by molar-refractivity contribution is 0.0982. The molecule has 0 unspecified atom stereocenters. The van der Waals surface area contributed by atoms with Crippen LogP contribution in [0.5, 0.6) is 11.5 Å². The molecule has 4 aromatic rings. The molecule has 0 fully saturated rings. The lowest BCUT2D eigenvalue weighted by atomic mass is 10.1. The molecule has 0 spiro atoms. The minimum Gasteiger partial charge on any atom is -0.493 e. The normalized spacial score (nSPS) is 10.9. The van der Waals surface area contributed by atoms with Gasteiger partial charge in [0.25, 0.3) is 5.56 Å². The van der Waals surface area contributed by atoms with Crippen molar-refractivity contribution in [2.45, 2.75) is 18.0 Å². The van der Waals surface area contributed by atoms with Gasteiger partial charge in [-0.1, -0.05) is 23.9 Å². The van der Waals surface area contributed by atoms with Crippen LogP contribution in [0.4, 0.5) is 4.39 Å². The van der Waals surface area contributed by atoms with Gasteiger partial charge >= 0.3 is 0 Å². The van der Waals surface area contributed by atoms with E-state index in [1.54, 1.807) is 48.1 Å². The molecule has 1 heterocycles. The molecule has 0 saturated carbocycles. The molecule has 0 aliphatic rings. The van der Waals surface area contributed by atoms with Gasteiger partial charge in [-0.15, -0.1) is 0 Å². The first-order chi connectivity index (χ1) is 16.5. The highest BCUT2D eigenvalue weighted by atomic mass is 32.2. The maximum absolute atomic E-state index is 13.4. The highest BCUT2D eigenvalue weighted by Crippen LogP contribution is 2.31. The van der Waals surface area contributed by atoms with Gasteiger partial charge in [0.15, 0.2) is 22.4 Å². The Morgan fingerprint density at radius 2 is 1.74 bits per heavy atom. The Balaban J connectivity index is 1.61. The number of hydrogen-bond acceptors (Lipinski definition) is 6. The zero-order valence-corrected chi connectivity index (χ0v) is 19.6. The number of carbonyl (C=O) groups is 1. The van der Waals surface area contributed by atoms with Crippen LogP contribution < -0.4 is 15.0 Å². The maximum atomic E-state index is 13.4. The summed E-state index contributed by atoms with van der Waals surface area (Å²) in [6.07, 6.45) is 0.891. The molecule has 0 atom stereocenters. The number of methoxy groups -OCH3 is 2. The van der Waals surface area contributed by atoms with Gasteiger partial charge in [0.2, 0.25) is 0 Å². The molecule has 0 radical (unpaired) electrons. The molecule has 0 aliphatic carbocycles. The van der Waals surface area contributed by atoms with Gasteiger partial charge in [-0.2, -0.15) is 0 Å². The van der Waals surface area contributed by atoms with Crippen molar-refractivity contribution < 1.29 is 18.7 Å². The molecular formula is C26H23FN2O4S. The SMILES string of the molecule is COc1ccc(-n2c(SCCCC(=O)c3ccc(F)cc3)nc3ccccc3c2=O)cc1OC. The first-order valence-electron chi connectivity index (χ1n) is 10.7. The van der Waals surface area contributed by atoms with Crippen LogP contribution in [0.25, 0.3) is 16.6 Å². The fourth-order valence-corrected chi connectivity index (χ4v) is 4.53. The van der Waals surface area contributed by atoms with E-state index in [1.807, 2.05) is 6.07 Å². The Hall–Kier alpha value is -3.65. The summed E-state index contributed by atoms with van der Waals surface area (Å²) in [5, 5.41) is 1.03. The van der Waals surface area contributed by atoms with Crippen molar-refractivity contribution in [1.29, 1.82) is 0 Å². The lowest BCUT2D eigenvalue weighted by Gasteiger charge is -2.15. The summed E-state index contributed by atoms with van der Waals surface area (Å²) in [5.41, 5.74) is 1.50. The van der Waals surface area contributed by atoms with Gasteiger partial charge in [-0.3, -0.25) is 14.2 Å². The van der Waals surface area contributed by atoms with Crippen LogP contribution in [0.1, 0.15) is 23.2 Å². The van der Waals surface area contributed by atoms with Crippen molar-refractivity contribution in [3.05, 3.63) is 88.5 Å². The fraction of sp³-hybridized carbons (Fsp3) is 0.192. The smallest absolute Gasteiger partial charge is 0.266 e. The molecular weight excluding hydrogens is 455 g/mol. The zero-order chi connectivity index (χ0) is 24.1. The second kappa shape index (κ2) is 10.5. The molecule has 0 N–H and O–H groups in total. The number of hydrogen-bond donors (Lipinski definition) is 0. The monoisotopic (exact) mass is 478 g/mol. The van der Waals surface area contributed by atoms with E-state index >= 15 is 0 Å². The molecule has 0 bridgehead atoms. The van der Waals surface area contributed by atoms with Gasteiger partial charge in [-0.05, 0) is 55.0 Å². The lowest BCUT2D eigenvalue weighted by Crippen LogP contribution is -2.22. The van der Waals surface area contributed by atoms with E-state index < -0.39 is 0 Å². The van der Waals surface area contributed by atoms with Gasteiger partial charge in [-0.25, -0.2) is 9.37 Å². The van der Waals surface area contributed by atoms with E-state index in [2.05, 4.69) is 0 Å². The summed E-state index contributed by atoms with van der Waals surface area (Å²) in [4.78, 5) is 30.5. The van der Waals surface area contributed by atoms with E-state index in [9.17, 15) is 14.0 Å². The first kappa shape index (κ1) is 23.5. The number of ether oxygens (including phenoxy) is 2. The number of nitrogens with zero attached hydrogens (tertiary/aromatic N) is 2. The maximum Gasteiger partial charge on any atom is 0.266 e. The number of halogens is 1. The summed E-state index contributed by atoms with van der Waals surface area (Å²) in [5.74, 6) is 1.21. The van der Waals surface area contributed by atoms with Crippen molar-refractivity contribution in [2.75, 3.05) is 20.0 Å². The van der Waals surface area contributed by atoms with Crippen LogP contribution in [0, 0.1) is 5.82 Å². The van der Waals surface area contributed by atoms with E-state index in [4.69, 9.17) is 14.5 Å². The molecule has 34 heavy (non-hydrogen) atoms. The summed E-state index contributed by atoms with van der Waals surface area (Å²) in [6, 6.07) is 18.0. The molecule has 0 amide bonds. The molecule has 4 rings (SSSR count). The van der Waals surface area contributed by atoms with Crippen molar-refractivity contribution >= 4 is 28.4 Å². The third-order valence-corrected chi connectivity index (χ3v) is 6.34. The van der Waals surface area contributed by atoms with Crippen LogP contribution in [-0.2, 0) is 0 Å². The molecule has 0 aliphatic heterocycles. The number of benzene rings is 3. The number of ketones is 1. The van der Waals surface area contributed by atoms with Crippen molar-refractivity contribution in [2.24, 2.45) is 0 Å². The van der Waals surface area contributed by atoms with Gasteiger partial charge in [0.05, 0.1) is 30.8 Å². The predicted molar refractivity (Wildman–Crippen MR) is 131 cm³/mol. The summed E-state index contributed by atoms with van der Waals surface area (Å²) in [7, 11) is 3.09. The van der Waals surface area contributed by atoms with E-state index in [0.717, 1.165) is 0 Å². The Bertz CT molecular complexity index is 1390. The van der Waals surface area contributed by atoms with Gasteiger partial charge < -0.3 is 9.47 Å². The average molecular weight is 479 g/mol. The standard InChI is InChI=1S/C26H23FN2O4S/c1-32-23-14-13-19(16-24(23)33-2)29-25(31)20-6-3-4-7-21(20)28-26(29)34-15-5-8-22(30)17-9-11-18(27)12-10-17/h3-4,6-7,9-14,16H,5,8,15H2,1-2H3. The minimum atomic E-state index is -0.373. The Morgan fingerprint density at radius 3 is 2.47 bits per heavy atom. The Labute approximate surface area is 200 Å². The molecule has 6 nitrogen and oxygen atoms in total. The van der Waals surface area contributed by atoms with E-state index in [0.29, 0.717) is 57.4 Å². The van der Waals surface area contributed by atoms with Gasteiger partial charge in [0, 0.05) is 23.8 Å². The van der Waals surface area contributed by atoms with Crippen molar-refractivity contribution in [1.82, 2.24) is 9.55 Å². The van der Waals surface area contributed by atoms with Crippen molar-refractivity contribution in [3.63, 3.8) is 0 Å². The summed E-state index contributed by atoms with van der Waals surface area (Å²) < 4.78 is 25.4. The van der Waals surface area contributed by atoms with Crippen molar-refractivity contribution in [3.8, 4) is 17.2 Å². The minimum absolute atomic E-state index is 0.0515. The quantitative estimate of drug-likeness (QED) is 0.141. The molecule has 3 aromatic carbocycles. The molecule has 0 saturated heterocycles. The number of fused-ring (bicyclic) bond motifs is 1. The first-order valence-corrected chi connectivity index (χ1v) is 11.7. The summed E-state index contributed by atoms with van der Waals surface area (Å²) in [6.45, 7) is 0. The highest BCUT2D eigenvalue weighted by molar-refractivity contribution is 7.99. The largest absolute Gasteiger partial charge is 0.493 e. The highest BCUT2D eigenvalue weighted by Gasteiger charge is 2.16. The Morgan fingerprint density at radius 1 is 1.00 bits per heavy atom. The average Bonchev–Trinajstić information content (AvgIpc) is 2.86. The molecule has 1 aromatic heterocycles. The third kappa shape index (κ3) is 4.97. The Kier molecular flexibility index (Phi) is 7.27. The van der Waals surface area contributed by atoms with Crippen LogP contribution in [0.2, 0.25) is 0 Å². The summed E-state index contributed by atoms with van der Waals surface area (Å²) >= 11 is 1.40. The fourth-order valence-electron chi connectivity index (χ4n) is 3.58. The van der Waals surface area contributed by atoms with Gasteiger partial charge in [0.1, 0.15) is 5.82 Å². The zero-order valence-electron chi connectivity index (χ0n) is 18.8. The third-order valence-electron chi connectivity index (χ3n) is 5.32. The van der Waals surface area contributed by atoms with E-state index in [-0.39, 0.29) is 17.2 Å². The van der Waals surface area contributed by atoms with E-state index in [1.165, 1.54) is 43.1 Å². The number of carbonyl (C=O) groups excluding carboxylic acids is 1. The predicted octanol–water partition coefficient (Wildman–Crippen LogP) is 5.30. The van der Waals surface area contributed by atoms with Crippen LogP contribution in [0.15, 0.2) is 76.7 Å². The second-order valence-electron chi connectivity index (χ2n) is 7.47. The number of thioether (sulfide) groups is 1. The number of Topliss-reactive ketones (excluding diaryl/α,β-unsaturated/α-hetero) is 1. The number of para-hydroxylation sites is 1. The molecule has 174 valence electrons. The number of aromatic nitrogens is 2.